The molecule has 6 nitrogen and oxygen atoms in total. The highest BCUT2D eigenvalue weighted by molar-refractivity contribution is 5.50. The molecule has 2 aromatic rings. The van der Waals surface area contributed by atoms with Crippen LogP contribution >= 0.6 is 0 Å². The number of hydrogen-bond acceptors (Lipinski definition) is 6. The Labute approximate surface area is 193 Å². The first-order valence-electron chi connectivity index (χ1n) is 11.4. The fraction of sp³-hybridized carbons (Fsp3) is 0.538. The zero-order chi connectivity index (χ0) is 22.9. The molecule has 0 N–H and O–H groups in total. The molecule has 0 unspecified atom stereocenters. The lowest BCUT2D eigenvalue weighted by Crippen LogP contribution is -2.40. The number of ether oxygens (including phenoxy) is 4. The third kappa shape index (κ3) is 6.53. The zero-order valence-electron chi connectivity index (χ0n) is 20.2. The quantitative estimate of drug-likeness (QED) is 0.522. The maximum absolute atomic E-state index is 5.62. The average molecular weight is 443 g/mol. The van der Waals surface area contributed by atoms with E-state index in [0.29, 0.717) is 5.92 Å². The van der Waals surface area contributed by atoms with Crippen LogP contribution in [0.25, 0.3) is 0 Å². The molecule has 176 valence electrons. The van der Waals surface area contributed by atoms with Crippen molar-refractivity contribution in [3.63, 3.8) is 0 Å². The van der Waals surface area contributed by atoms with E-state index in [1.807, 2.05) is 24.3 Å². The van der Waals surface area contributed by atoms with Gasteiger partial charge >= 0.3 is 0 Å². The number of benzene rings is 2. The lowest BCUT2D eigenvalue weighted by Gasteiger charge is -2.35. The van der Waals surface area contributed by atoms with Crippen molar-refractivity contribution in [1.82, 2.24) is 9.80 Å². The molecule has 1 heterocycles. The summed E-state index contributed by atoms with van der Waals surface area (Å²) in [6.45, 7) is 5.27. The van der Waals surface area contributed by atoms with Crippen molar-refractivity contribution in [2.75, 3.05) is 61.7 Å². The fourth-order valence-corrected chi connectivity index (χ4v) is 4.59. The number of nitrogens with zero attached hydrogens (tertiary/aromatic N) is 2. The molecule has 3 rings (SSSR count). The molecule has 1 fully saturated rings. The molecule has 0 aromatic heterocycles. The number of likely N-dealkylation sites (tertiary alicyclic amines) is 1. The predicted octanol–water partition coefficient (Wildman–Crippen LogP) is 4.11. The van der Waals surface area contributed by atoms with Crippen molar-refractivity contribution in [3.8, 4) is 23.0 Å². The zero-order valence-corrected chi connectivity index (χ0v) is 20.2. The summed E-state index contributed by atoms with van der Waals surface area (Å²) >= 11 is 0. The minimum Gasteiger partial charge on any atom is -0.497 e. The molecular weight excluding hydrogens is 404 g/mol. The largest absolute Gasteiger partial charge is 0.497 e. The standard InChI is InChI=1S/C26H38N2O4/c1-27(19-24-25(31-4)15-23(30-3)16-26(24)32-5)17-21-7-6-13-28(18-21)14-12-20-8-10-22(29-2)11-9-20/h8-11,15-16,21H,6-7,12-14,17-19H2,1-5H3/t21-/m0/s1. The third-order valence-electron chi connectivity index (χ3n) is 6.29. The Morgan fingerprint density at radius 2 is 1.56 bits per heavy atom. The van der Waals surface area contributed by atoms with E-state index in [2.05, 4.69) is 29.0 Å². The van der Waals surface area contributed by atoms with Gasteiger partial charge in [-0.25, -0.2) is 0 Å². The second kappa shape index (κ2) is 12.0. The first kappa shape index (κ1) is 24.2. The molecule has 0 aliphatic carbocycles. The van der Waals surface area contributed by atoms with Gasteiger partial charge in [-0.1, -0.05) is 12.1 Å². The third-order valence-corrected chi connectivity index (χ3v) is 6.29. The van der Waals surface area contributed by atoms with Gasteiger partial charge in [-0.3, -0.25) is 0 Å². The first-order valence-corrected chi connectivity index (χ1v) is 11.4. The van der Waals surface area contributed by atoms with Gasteiger partial charge in [0, 0.05) is 38.3 Å². The normalized spacial score (nSPS) is 16.8. The second-order valence-electron chi connectivity index (χ2n) is 8.61. The second-order valence-corrected chi connectivity index (χ2v) is 8.61. The lowest BCUT2D eigenvalue weighted by molar-refractivity contribution is 0.141. The smallest absolute Gasteiger partial charge is 0.130 e. The molecule has 2 aromatic carbocycles. The van der Waals surface area contributed by atoms with Gasteiger partial charge in [0.05, 0.1) is 34.0 Å². The number of rotatable bonds is 11. The monoisotopic (exact) mass is 442 g/mol. The number of methoxy groups -OCH3 is 4. The van der Waals surface area contributed by atoms with Crippen molar-refractivity contribution >= 4 is 0 Å². The molecule has 32 heavy (non-hydrogen) atoms. The number of piperidine rings is 1. The van der Waals surface area contributed by atoms with Crippen LogP contribution in [0.1, 0.15) is 24.0 Å². The molecule has 0 spiro atoms. The maximum atomic E-state index is 5.62. The Morgan fingerprint density at radius 3 is 2.16 bits per heavy atom. The first-order chi connectivity index (χ1) is 15.6. The molecule has 0 radical (unpaired) electrons. The van der Waals surface area contributed by atoms with Crippen LogP contribution in [-0.2, 0) is 13.0 Å². The van der Waals surface area contributed by atoms with Crippen LogP contribution in [-0.4, -0.2) is 71.5 Å². The van der Waals surface area contributed by atoms with E-state index in [-0.39, 0.29) is 0 Å². The van der Waals surface area contributed by atoms with E-state index in [1.54, 1.807) is 28.4 Å². The highest BCUT2D eigenvalue weighted by Gasteiger charge is 2.22. The van der Waals surface area contributed by atoms with Gasteiger partial charge in [0.1, 0.15) is 23.0 Å². The van der Waals surface area contributed by atoms with Gasteiger partial charge in [-0.15, -0.1) is 0 Å². The molecule has 0 saturated carbocycles. The number of hydrogen-bond donors (Lipinski definition) is 0. The summed E-state index contributed by atoms with van der Waals surface area (Å²) in [4.78, 5) is 4.99. The molecule has 1 aliphatic rings. The van der Waals surface area contributed by atoms with Crippen LogP contribution in [0.2, 0.25) is 0 Å². The van der Waals surface area contributed by atoms with E-state index in [0.717, 1.165) is 61.2 Å². The average Bonchev–Trinajstić information content (AvgIpc) is 2.83. The minimum atomic E-state index is 0.667. The lowest BCUT2D eigenvalue weighted by atomic mass is 9.96. The van der Waals surface area contributed by atoms with Gasteiger partial charge in [-0.2, -0.15) is 0 Å². The predicted molar refractivity (Wildman–Crippen MR) is 128 cm³/mol. The fourth-order valence-electron chi connectivity index (χ4n) is 4.59. The summed E-state index contributed by atoms with van der Waals surface area (Å²) in [5.41, 5.74) is 2.43. The van der Waals surface area contributed by atoms with Crippen molar-refractivity contribution < 1.29 is 18.9 Å². The Hall–Kier alpha value is -2.44. The van der Waals surface area contributed by atoms with E-state index in [9.17, 15) is 0 Å². The molecule has 0 bridgehead atoms. The highest BCUT2D eigenvalue weighted by atomic mass is 16.5. The van der Waals surface area contributed by atoms with Crippen molar-refractivity contribution in [3.05, 3.63) is 47.5 Å². The van der Waals surface area contributed by atoms with Crippen molar-refractivity contribution in [1.29, 1.82) is 0 Å². The molecule has 6 heteroatoms. The molecule has 1 atom stereocenters. The van der Waals surface area contributed by atoms with Gasteiger partial charge in [0.25, 0.3) is 0 Å². The highest BCUT2D eigenvalue weighted by Crippen LogP contribution is 2.35. The van der Waals surface area contributed by atoms with Crippen molar-refractivity contribution in [2.24, 2.45) is 5.92 Å². The summed E-state index contributed by atoms with van der Waals surface area (Å²) in [5, 5.41) is 0. The van der Waals surface area contributed by atoms with Crippen molar-refractivity contribution in [2.45, 2.75) is 25.8 Å². The Bertz CT molecular complexity index is 815. The SMILES string of the molecule is COc1ccc(CCN2CCC[C@@H](CN(C)Cc3c(OC)cc(OC)cc3OC)C2)cc1. The Morgan fingerprint density at radius 1 is 0.906 bits per heavy atom. The Balaban J connectivity index is 1.54. The summed E-state index contributed by atoms with van der Waals surface area (Å²) < 4.78 is 21.9. The summed E-state index contributed by atoms with van der Waals surface area (Å²) in [6, 6.07) is 12.3. The van der Waals surface area contributed by atoms with Crippen LogP contribution in [0, 0.1) is 5.92 Å². The van der Waals surface area contributed by atoms with E-state index < -0.39 is 0 Å². The summed E-state index contributed by atoms with van der Waals surface area (Å²) in [6.07, 6.45) is 3.61. The van der Waals surface area contributed by atoms with Gasteiger partial charge in [0.15, 0.2) is 0 Å². The topological polar surface area (TPSA) is 43.4 Å². The van der Waals surface area contributed by atoms with E-state index in [4.69, 9.17) is 18.9 Å². The molecular formula is C26H38N2O4. The Kier molecular flexibility index (Phi) is 9.06. The molecule has 0 amide bonds. The van der Waals surface area contributed by atoms with E-state index in [1.165, 1.54) is 24.9 Å². The van der Waals surface area contributed by atoms with Crippen LogP contribution in [0.5, 0.6) is 23.0 Å². The van der Waals surface area contributed by atoms with Crippen LogP contribution in [0.3, 0.4) is 0 Å². The molecule has 1 saturated heterocycles. The van der Waals surface area contributed by atoms with Crippen LogP contribution in [0.4, 0.5) is 0 Å². The molecule has 1 aliphatic heterocycles. The van der Waals surface area contributed by atoms with Gasteiger partial charge in [0.2, 0.25) is 0 Å². The van der Waals surface area contributed by atoms with E-state index >= 15 is 0 Å². The minimum absolute atomic E-state index is 0.667. The summed E-state index contributed by atoms with van der Waals surface area (Å²) in [5.74, 6) is 3.93. The van der Waals surface area contributed by atoms with Gasteiger partial charge < -0.3 is 28.7 Å². The summed E-state index contributed by atoms with van der Waals surface area (Å²) in [7, 11) is 8.93. The van der Waals surface area contributed by atoms with Crippen LogP contribution < -0.4 is 18.9 Å². The van der Waals surface area contributed by atoms with Crippen LogP contribution in [0.15, 0.2) is 36.4 Å². The maximum Gasteiger partial charge on any atom is 0.130 e. The van der Waals surface area contributed by atoms with Gasteiger partial charge in [-0.05, 0) is 56.5 Å².